The van der Waals surface area contributed by atoms with Gasteiger partial charge in [-0.1, -0.05) is 24.9 Å². The van der Waals surface area contributed by atoms with Crippen LogP contribution in [0.4, 0.5) is 5.69 Å². The molecule has 100 valence electrons. The van der Waals surface area contributed by atoms with Crippen LogP contribution in [0.5, 0.6) is 0 Å². The number of halogens is 1. The summed E-state index contributed by atoms with van der Waals surface area (Å²) >= 11 is 5.88. The first-order valence-corrected chi connectivity index (χ1v) is 6.55. The SMILES string of the molecule is CC(N)CCCC(C)C(=O)Nc1cccnc1Cl. The molecule has 1 aromatic heterocycles. The summed E-state index contributed by atoms with van der Waals surface area (Å²) in [5, 5.41) is 3.10. The van der Waals surface area contributed by atoms with Crippen molar-refractivity contribution in [3.63, 3.8) is 0 Å². The molecule has 2 atom stereocenters. The van der Waals surface area contributed by atoms with Crippen LogP contribution < -0.4 is 11.1 Å². The molecular formula is C13H20ClN3O. The topological polar surface area (TPSA) is 68.0 Å². The first kappa shape index (κ1) is 14.9. The van der Waals surface area contributed by atoms with Crippen molar-refractivity contribution in [3.8, 4) is 0 Å². The van der Waals surface area contributed by atoms with Crippen molar-refractivity contribution in [1.29, 1.82) is 0 Å². The molecule has 18 heavy (non-hydrogen) atoms. The van der Waals surface area contributed by atoms with Gasteiger partial charge in [0.25, 0.3) is 0 Å². The molecule has 2 unspecified atom stereocenters. The summed E-state index contributed by atoms with van der Waals surface area (Å²) in [6, 6.07) is 3.66. The fraction of sp³-hybridized carbons (Fsp3) is 0.538. The minimum atomic E-state index is -0.0555. The Morgan fingerprint density at radius 2 is 2.22 bits per heavy atom. The number of hydrogen-bond acceptors (Lipinski definition) is 3. The van der Waals surface area contributed by atoms with Crippen LogP contribution in [0, 0.1) is 5.92 Å². The van der Waals surface area contributed by atoms with Crippen molar-refractivity contribution >= 4 is 23.2 Å². The van der Waals surface area contributed by atoms with Crippen LogP contribution >= 0.6 is 11.6 Å². The zero-order chi connectivity index (χ0) is 13.5. The van der Waals surface area contributed by atoms with Gasteiger partial charge >= 0.3 is 0 Å². The monoisotopic (exact) mass is 269 g/mol. The molecular weight excluding hydrogens is 250 g/mol. The first-order chi connectivity index (χ1) is 8.50. The fourth-order valence-corrected chi connectivity index (χ4v) is 1.78. The molecule has 0 fully saturated rings. The van der Waals surface area contributed by atoms with Crippen LogP contribution in [0.15, 0.2) is 18.3 Å². The smallest absolute Gasteiger partial charge is 0.227 e. The average molecular weight is 270 g/mol. The summed E-state index contributed by atoms with van der Waals surface area (Å²) in [6.45, 7) is 3.88. The minimum absolute atomic E-state index is 0.0328. The van der Waals surface area contributed by atoms with Crippen molar-refractivity contribution in [2.24, 2.45) is 11.7 Å². The number of nitrogens with zero attached hydrogens (tertiary/aromatic N) is 1. The Labute approximate surface area is 113 Å². The number of anilines is 1. The molecule has 4 nitrogen and oxygen atoms in total. The van der Waals surface area contributed by atoms with E-state index in [1.807, 2.05) is 13.8 Å². The molecule has 0 aliphatic rings. The lowest BCUT2D eigenvalue weighted by molar-refractivity contribution is -0.119. The van der Waals surface area contributed by atoms with Gasteiger partial charge in [0.15, 0.2) is 5.15 Å². The number of hydrogen-bond donors (Lipinski definition) is 2. The molecule has 5 heteroatoms. The van der Waals surface area contributed by atoms with E-state index >= 15 is 0 Å². The van der Waals surface area contributed by atoms with E-state index in [4.69, 9.17) is 17.3 Å². The van der Waals surface area contributed by atoms with Crippen molar-refractivity contribution in [3.05, 3.63) is 23.5 Å². The normalized spacial score (nSPS) is 14.0. The van der Waals surface area contributed by atoms with Gasteiger partial charge in [0, 0.05) is 18.2 Å². The van der Waals surface area contributed by atoms with E-state index in [1.165, 1.54) is 0 Å². The Balaban J connectivity index is 2.43. The van der Waals surface area contributed by atoms with Crippen LogP contribution in [0.1, 0.15) is 33.1 Å². The molecule has 3 N–H and O–H groups in total. The predicted octanol–water partition coefficient (Wildman–Crippen LogP) is 2.83. The summed E-state index contributed by atoms with van der Waals surface area (Å²) in [7, 11) is 0. The molecule has 1 heterocycles. The van der Waals surface area contributed by atoms with E-state index < -0.39 is 0 Å². The maximum absolute atomic E-state index is 11.9. The molecule has 0 saturated carbocycles. The summed E-state index contributed by atoms with van der Waals surface area (Å²) in [4.78, 5) is 15.8. The van der Waals surface area contributed by atoms with Crippen molar-refractivity contribution < 1.29 is 4.79 Å². The quantitative estimate of drug-likeness (QED) is 0.781. The third-order valence-electron chi connectivity index (χ3n) is 2.76. The van der Waals surface area contributed by atoms with E-state index in [0.29, 0.717) is 10.8 Å². The second-order valence-corrected chi connectivity index (χ2v) is 5.00. The lowest BCUT2D eigenvalue weighted by atomic mass is 10.0. The van der Waals surface area contributed by atoms with E-state index in [1.54, 1.807) is 18.3 Å². The summed E-state index contributed by atoms with van der Waals surface area (Å²) < 4.78 is 0. The average Bonchev–Trinajstić information content (AvgIpc) is 2.31. The van der Waals surface area contributed by atoms with Gasteiger partial charge in [-0.25, -0.2) is 4.98 Å². The minimum Gasteiger partial charge on any atom is -0.328 e. The highest BCUT2D eigenvalue weighted by molar-refractivity contribution is 6.32. The third-order valence-corrected chi connectivity index (χ3v) is 3.06. The second kappa shape index (κ2) is 7.34. The van der Waals surface area contributed by atoms with Crippen molar-refractivity contribution in [2.45, 2.75) is 39.2 Å². The van der Waals surface area contributed by atoms with E-state index in [2.05, 4.69) is 10.3 Å². The maximum Gasteiger partial charge on any atom is 0.227 e. The largest absolute Gasteiger partial charge is 0.328 e. The summed E-state index contributed by atoms with van der Waals surface area (Å²) in [5.74, 6) is -0.0883. The number of amides is 1. The molecule has 0 aromatic carbocycles. The van der Waals surface area contributed by atoms with Gasteiger partial charge in [-0.05, 0) is 31.9 Å². The zero-order valence-electron chi connectivity index (χ0n) is 10.8. The lowest BCUT2D eigenvalue weighted by Crippen LogP contribution is -2.21. The van der Waals surface area contributed by atoms with Gasteiger partial charge in [0.2, 0.25) is 5.91 Å². The summed E-state index contributed by atoms with van der Waals surface area (Å²) in [6.07, 6.45) is 4.30. The molecule has 0 aliphatic carbocycles. The number of carbonyl (C=O) groups is 1. The molecule has 0 aliphatic heterocycles. The maximum atomic E-state index is 11.9. The Hall–Kier alpha value is -1.13. The first-order valence-electron chi connectivity index (χ1n) is 6.17. The summed E-state index contributed by atoms with van der Waals surface area (Å²) in [5.41, 5.74) is 6.23. The van der Waals surface area contributed by atoms with Gasteiger partial charge in [-0.3, -0.25) is 4.79 Å². The highest BCUT2D eigenvalue weighted by atomic mass is 35.5. The fourth-order valence-electron chi connectivity index (χ4n) is 1.61. The molecule has 0 bridgehead atoms. The van der Waals surface area contributed by atoms with Crippen LogP contribution in [-0.4, -0.2) is 16.9 Å². The molecule has 0 spiro atoms. The Morgan fingerprint density at radius 1 is 1.50 bits per heavy atom. The van der Waals surface area contributed by atoms with E-state index in [9.17, 15) is 4.79 Å². The van der Waals surface area contributed by atoms with Crippen LogP contribution in [0.3, 0.4) is 0 Å². The number of aromatic nitrogens is 1. The van der Waals surface area contributed by atoms with Crippen molar-refractivity contribution in [2.75, 3.05) is 5.32 Å². The van der Waals surface area contributed by atoms with E-state index in [0.717, 1.165) is 19.3 Å². The molecule has 0 saturated heterocycles. The number of carbonyl (C=O) groups excluding carboxylic acids is 1. The number of nitrogens with two attached hydrogens (primary N) is 1. The molecule has 1 aromatic rings. The van der Waals surface area contributed by atoms with Crippen LogP contribution in [-0.2, 0) is 4.79 Å². The second-order valence-electron chi connectivity index (χ2n) is 4.64. The van der Waals surface area contributed by atoms with Gasteiger partial charge in [-0.2, -0.15) is 0 Å². The third kappa shape index (κ3) is 5.02. The Morgan fingerprint density at radius 3 is 2.83 bits per heavy atom. The number of rotatable bonds is 6. The Bertz CT molecular complexity index is 396. The zero-order valence-corrected chi connectivity index (χ0v) is 11.6. The highest BCUT2D eigenvalue weighted by Gasteiger charge is 2.14. The number of nitrogens with one attached hydrogen (secondary N) is 1. The van der Waals surface area contributed by atoms with Crippen LogP contribution in [0.2, 0.25) is 5.15 Å². The molecule has 0 radical (unpaired) electrons. The van der Waals surface area contributed by atoms with Gasteiger partial charge in [-0.15, -0.1) is 0 Å². The standard InChI is InChI=1S/C13H20ClN3O/c1-9(5-3-6-10(2)15)13(18)17-11-7-4-8-16-12(11)14/h4,7-10H,3,5-6,15H2,1-2H3,(H,17,18). The highest BCUT2D eigenvalue weighted by Crippen LogP contribution is 2.19. The lowest BCUT2D eigenvalue weighted by Gasteiger charge is -2.13. The van der Waals surface area contributed by atoms with Gasteiger partial charge < -0.3 is 11.1 Å². The van der Waals surface area contributed by atoms with Crippen molar-refractivity contribution in [1.82, 2.24) is 4.98 Å². The molecule has 1 rings (SSSR count). The van der Waals surface area contributed by atoms with Gasteiger partial charge in [0.1, 0.15) is 0 Å². The van der Waals surface area contributed by atoms with Gasteiger partial charge in [0.05, 0.1) is 5.69 Å². The Kier molecular flexibility index (Phi) is 6.09. The van der Waals surface area contributed by atoms with Crippen LogP contribution in [0.25, 0.3) is 0 Å². The van der Waals surface area contributed by atoms with E-state index in [-0.39, 0.29) is 17.9 Å². The number of pyridine rings is 1. The molecule has 1 amide bonds. The predicted molar refractivity (Wildman–Crippen MR) is 74.5 cm³/mol.